The maximum Gasteiger partial charge on any atom is 0.463 e. The molecule has 1 rings (SSSR count). The van der Waals surface area contributed by atoms with Gasteiger partial charge in [-0.05, 0) is 13.8 Å². The summed E-state index contributed by atoms with van der Waals surface area (Å²) in [4.78, 5) is 11.8. The molecule has 1 saturated heterocycles. The van der Waals surface area contributed by atoms with Gasteiger partial charge in [0, 0.05) is 23.6 Å². The molecule has 0 unspecified atom stereocenters. The van der Waals surface area contributed by atoms with Crippen molar-refractivity contribution in [1.29, 1.82) is 0 Å². The fourth-order valence-electron chi connectivity index (χ4n) is 1.51. The quantitative estimate of drug-likeness (QED) is 0.686. The molecule has 1 aliphatic heterocycles. The molecule has 0 atom stereocenters. The highest BCUT2D eigenvalue weighted by molar-refractivity contribution is 8.00. The lowest BCUT2D eigenvalue weighted by molar-refractivity contribution is -0.274. The van der Waals surface area contributed by atoms with Crippen LogP contribution in [0, 0.1) is 0 Å². The Bertz CT molecular complexity index is 315. The SMILES string of the molecule is CC1(C)CN(C(=O)C(F)(F)C(F)(F)F)CCS1. The number of nitrogens with zero attached hydrogens (tertiary/aromatic N) is 1. The van der Waals surface area contributed by atoms with Crippen LogP contribution in [0.2, 0.25) is 0 Å². The largest absolute Gasteiger partial charge is 0.463 e. The smallest absolute Gasteiger partial charge is 0.335 e. The van der Waals surface area contributed by atoms with E-state index in [4.69, 9.17) is 0 Å². The van der Waals surface area contributed by atoms with E-state index < -0.39 is 22.8 Å². The van der Waals surface area contributed by atoms with Crippen LogP contribution in [0.15, 0.2) is 0 Å². The van der Waals surface area contributed by atoms with Gasteiger partial charge in [-0.15, -0.1) is 0 Å². The van der Waals surface area contributed by atoms with Gasteiger partial charge in [0.25, 0.3) is 0 Å². The minimum atomic E-state index is -5.83. The zero-order valence-corrected chi connectivity index (χ0v) is 10.1. The lowest BCUT2D eigenvalue weighted by Gasteiger charge is -2.38. The maximum absolute atomic E-state index is 12.8. The third kappa shape index (κ3) is 3.02. The first-order chi connectivity index (χ1) is 7.47. The van der Waals surface area contributed by atoms with E-state index in [0.717, 1.165) is 0 Å². The summed E-state index contributed by atoms with van der Waals surface area (Å²) >= 11 is 1.44. The van der Waals surface area contributed by atoms with Gasteiger partial charge in [0.05, 0.1) is 0 Å². The number of carbonyl (C=O) groups is 1. The van der Waals surface area contributed by atoms with Crippen LogP contribution < -0.4 is 0 Å². The van der Waals surface area contributed by atoms with Crippen molar-refractivity contribution in [1.82, 2.24) is 4.90 Å². The van der Waals surface area contributed by atoms with Gasteiger partial charge in [-0.2, -0.15) is 33.7 Å². The zero-order chi connectivity index (χ0) is 13.5. The molecule has 1 amide bonds. The van der Waals surface area contributed by atoms with Crippen LogP contribution in [0.25, 0.3) is 0 Å². The van der Waals surface area contributed by atoms with Crippen molar-refractivity contribution in [2.24, 2.45) is 0 Å². The summed E-state index contributed by atoms with van der Waals surface area (Å²) in [5, 5.41) is 0. The Morgan fingerprint density at radius 3 is 2.18 bits per heavy atom. The molecular formula is C9H12F5NOS. The molecule has 0 spiro atoms. The van der Waals surface area contributed by atoms with Gasteiger partial charge in [-0.1, -0.05) is 0 Å². The topological polar surface area (TPSA) is 20.3 Å². The van der Waals surface area contributed by atoms with Gasteiger partial charge in [-0.25, -0.2) is 0 Å². The minimum Gasteiger partial charge on any atom is -0.335 e. The molecule has 0 saturated carbocycles. The van der Waals surface area contributed by atoms with Crippen molar-refractivity contribution in [2.45, 2.75) is 30.7 Å². The van der Waals surface area contributed by atoms with E-state index in [-0.39, 0.29) is 13.1 Å². The average Bonchev–Trinajstić information content (AvgIpc) is 2.13. The molecule has 0 aromatic heterocycles. The Balaban J connectivity index is 2.84. The summed E-state index contributed by atoms with van der Waals surface area (Å²) in [6.45, 7) is 3.20. The van der Waals surface area contributed by atoms with E-state index in [1.165, 1.54) is 11.8 Å². The molecule has 0 N–H and O–H groups in total. The fraction of sp³-hybridized carbons (Fsp3) is 0.889. The van der Waals surface area contributed by atoms with Crippen LogP contribution >= 0.6 is 11.8 Å². The third-order valence-electron chi connectivity index (χ3n) is 2.34. The first kappa shape index (κ1) is 14.5. The van der Waals surface area contributed by atoms with E-state index in [1.54, 1.807) is 13.8 Å². The summed E-state index contributed by atoms with van der Waals surface area (Å²) in [6.07, 6.45) is -5.83. The number of halogens is 5. The Morgan fingerprint density at radius 1 is 1.24 bits per heavy atom. The van der Waals surface area contributed by atoms with Crippen molar-refractivity contribution in [3.05, 3.63) is 0 Å². The van der Waals surface area contributed by atoms with Gasteiger partial charge in [0.2, 0.25) is 0 Å². The number of rotatable bonds is 1. The van der Waals surface area contributed by atoms with Gasteiger partial charge >= 0.3 is 18.0 Å². The monoisotopic (exact) mass is 277 g/mol. The molecule has 0 aliphatic carbocycles. The second kappa shape index (κ2) is 4.29. The summed E-state index contributed by atoms with van der Waals surface area (Å²) in [7, 11) is 0. The molecular weight excluding hydrogens is 265 g/mol. The first-order valence-corrected chi connectivity index (χ1v) is 5.84. The number of carbonyl (C=O) groups excluding carboxylic acids is 1. The summed E-state index contributed by atoms with van der Waals surface area (Å²) < 4.78 is 61.3. The molecule has 17 heavy (non-hydrogen) atoms. The second-order valence-electron chi connectivity index (χ2n) is 4.41. The van der Waals surface area contributed by atoms with Crippen LogP contribution in [-0.2, 0) is 4.79 Å². The molecule has 0 radical (unpaired) electrons. The number of alkyl halides is 5. The zero-order valence-electron chi connectivity index (χ0n) is 9.27. The highest BCUT2D eigenvalue weighted by atomic mass is 32.2. The average molecular weight is 277 g/mol. The summed E-state index contributed by atoms with van der Waals surface area (Å²) in [6, 6.07) is 0. The van der Waals surface area contributed by atoms with E-state index >= 15 is 0 Å². The van der Waals surface area contributed by atoms with Crippen LogP contribution in [-0.4, -0.2) is 46.5 Å². The summed E-state index contributed by atoms with van der Waals surface area (Å²) in [5.41, 5.74) is 0. The highest BCUT2D eigenvalue weighted by Gasteiger charge is 2.64. The van der Waals surface area contributed by atoms with E-state index in [0.29, 0.717) is 10.7 Å². The molecule has 0 aromatic carbocycles. The lowest BCUT2D eigenvalue weighted by atomic mass is 10.1. The van der Waals surface area contributed by atoms with E-state index in [9.17, 15) is 26.7 Å². The van der Waals surface area contributed by atoms with Crippen LogP contribution in [0.4, 0.5) is 22.0 Å². The van der Waals surface area contributed by atoms with E-state index in [2.05, 4.69) is 0 Å². The van der Waals surface area contributed by atoms with Gasteiger partial charge in [0.15, 0.2) is 0 Å². The van der Waals surface area contributed by atoms with Crippen LogP contribution in [0.1, 0.15) is 13.8 Å². The fourth-order valence-corrected chi connectivity index (χ4v) is 2.62. The van der Waals surface area contributed by atoms with Crippen molar-refractivity contribution in [3.63, 3.8) is 0 Å². The molecule has 8 heteroatoms. The van der Waals surface area contributed by atoms with E-state index in [1.807, 2.05) is 0 Å². The number of amides is 1. The van der Waals surface area contributed by atoms with Gasteiger partial charge in [0.1, 0.15) is 0 Å². The number of thioether (sulfide) groups is 1. The normalized spacial score (nSPS) is 21.5. The Hall–Kier alpha value is -0.530. The molecule has 0 aromatic rings. The standard InChI is InChI=1S/C9H12F5NOS/c1-7(2)5-15(3-4-17-7)6(16)8(10,11)9(12,13)14/h3-5H2,1-2H3. The van der Waals surface area contributed by atoms with Crippen molar-refractivity contribution in [2.75, 3.05) is 18.8 Å². The number of hydrogen-bond acceptors (Lipinski definition) is 2. The second-order valence-corrected chi connectivity index (χ2v) is 6.21. The summed E-state index contributed by atoms with van der Waals surface area (Å²) in [5.74, 6) is -7.10. The van der Waals surface area contributed by atoms with Crippen LogP contribution in [0.5, 0.6) is 0 Å². The molecule has 1 aliphatic rings. The highest BCUT2D eigenvalue weighted by Crippen LogP contribution is 2.39. The van der Waals surface area contributed by atoms with Crippen molar-refractivity contribution < 1.29 is 26.7 Å². The lowest BCUT2D eigenvalue weighted by Crippen LogP contribution is -2.56. The Labute approximate surface area is 99.5 Å². The Kier molecular flexibility index (Phi) is 3.67. The number of hydrogen-bond donors (Lipinski definition) is 0. The van der Waals surface area contributed by atoms with Gasteiger partial charge in [-0.3, -0.25) is 4.79 Å². The molecule has 1 fully saturated rings. The predicted octanol–water partition coefficient (Wildman–Crippen LogP) is 2.54. The molecule has 1 heterocycles. The Morgan fingerprint density at radius 2 is 1.76 bits per heavy atom. The predicted molar refractivity (Wildman–Crippen MR) is 54.1 cm³/mol. The van der Waals surface area contributed by atoms with Gasteiger partial charge < -0.3 is 4.90 Å². The maximum atomic E-state index is 12.8. The van der Waals surface area contributed by atoms with Crippen LogP contribution in [0.3, 0.4) is 0 Å². The first-order valence-electron chi connectivity index (χ1n) is 4.85. The van der Waals surface area contributed by atoms with Crippen molar-refractivity contribution in [3.8, 4) is 0 Å². The molecule has 2 nitrogen and oxygen atoms in total. The molecule has 0 bridgehead atoms. The third-order valence-corrected chi connectivity index (χ3v) is 3.63. The minimum absolute atomic E-state index is 0.0847. The van der Waals surface area contributed by atoms with Crippen molar-refractivity contribution >= 4 is 17.7 Å². The molecule has 100 valence electrons.